The third-order valence-electron chi connectivity index (χ3n) is 3.74. The number of ether oxygens (including phenoxy) is 2. The van der Waals surface area contributed by atoms with Crippen molar-refractivity contribution in [3.8, 4) is 5.75 Å². The normalized spacial score (nSPS) is 18.3. The number of nitrogens with zero attached hydrogens (tertiary/aromatic N) is 1. The lowest BCUT2D eigenvalue weighted by Gasteiger charge is -2.25. The van der Waals surface area contributed by atoms with Gasteiger partial charge in [-0.05, 0) is 43.7 Å². The van der Waals surface area contributed by atoms with Crippen LogP contribution in [0.25, 0.3) is 0 Å². The second kappa shape index (κ2) is 8.97. The summed E-state index contributed by atoms with van der Waals surface area (Å²) in [5, 5.41) is 3.51. The van der Waals surface area contributed by atoms with Gasteiger partial charge in [-0.2, -0.15) is 0 Å². The third kappa shape index (κ3) is 5.99. The van der Waals surface area contributed by atoms with E-state index in [0.29, 0.717) is 18.4 Å². The molecule has 118 valence electrons. The highest BCUT2D eigenvalue weighted by Crippen LogP contribution is 2.11. The minimum Gasteiger partial charge on any atom is -0.492 e. The molecule has 0 aliphatic carbocycles. The highest BCUT2D eigenvalue weighted by molar-refractivity contribution is 5.21. The molecule has 1 N–H and O–H groups in total. The maximum absolute atomic E-state index is 12.8. The van der Waals surface area contributed by atoms with E-state index in [4.69, 9.17) is 9.47 Å². The number of halogens is 1. The van der Waals surface area contributed by atoms with Crippen LogP contribution in [0.15, 0.2) is 24.3 Å². The Hall–Kier alpha value is -1.17. The van der Waals surface area contributed by atoms with Gasteiger partial charge in [0.2, 0.25) is 0 Å². The standard InChI is InChI=1S/C16H25FN2O2/c1-20-11-9-19(13-15-3-2-8-18-15)10-12-21-16-6-4-14(17)5-7-16/h4-7,15,18H,2-3,8-13H2,1H3. The van der Waals surface area contributed by atoms with E-state index in [2.05, 4.69) is 10.2 Å². The highest BCUT2D eigenvalue weighted by Gasteiger charge is 2.17. The van der Waals surface area contributed by atoms with Crippen LogP contribution < -0.4 is 10.1 Å². The van der Waals surface area contributed by atoms with Gasteiger partial charge < -0.3 is 14.8 Å². The molecule has 1 unspecified atom stereocenters. The van der Waals surface area contributed by atoms with E-state index in [1.807, 2.05) is 0 Å². The summed E-state index contributed by atoms with van der Waals surface area (Å²) in [7, 11) is 1.72. The van der Waals surface area contributed by atoms with Crippen LogP contribution in [0.2, 0.25) is 0 Å². The summed E-state index contributed by atoms with van der Waals surface area (Å²) in [6.07, 6.45) is 2.50. The summed E-state index contributed by atoms with van der Waals surface area (Å²) in [4.78, 5) is 2.36. The monoisotopic (exact) mass is 296 g/mol. The fraction of sp³-hybridized carbons (Fsp3) is 0.625. The molecule has 0 aromatic heterocycles. The van der Waals surface area contributed by atoms with Crippen molar-refractivity contribution >= 4 is 0 Å². The van der Waals surface area contributed by atoms with Gasteiger partial charge in [0.05, 0.1) is 6.61 Å². The second-order valence-corrected chi connectivity index (χ2v) is 5.39. The van der Waals surface area contributed by atoms with E-state index in [9.17, 15) is 4.39 Å². The molecule has 1 heterocycles. The number of hydrogen-bond acceptors (Lipinski definition) is 4. The molecule has 1 fully saturated rings. The Morgan fingerprint density at radius 2 is 2.00 bits per heavy atom. The van der Waals surface area contributed by atoms with Crippen molar-refractivity contribution in [2.45, 2.75) is 18.9 Å². The summed E-state index contributed by atoms with van der Waals surface area (Å²) in [6, 6.07) is 6.73. The molecule has 1 aliphatic heterocycles. The Morgan fingerprint density at radius 1 is 1.24 bits per heavy atom. The summed E-state index contributed by atoms with van der Waals surface area (Å²) >= 11 is 0. The van der Waals surface area contributed by atoms with Crippen molar-refractivity contribution in [3.05, 3.63) is 30.1 Å². The minimum absolute atomic E-state index is 0.239. The van der Waals surface area contributed by atoms with E-state index in [1.54, 1.807) is 19.2 Å². The highest BCUT2D eigenvalue weighted by atomic mass is 19.1. The lowest BCUT2D eigenvalue weighted by atomic mass is 10.2. The smallest absolute Gasteiger partial charge is 0.123 e. The molecule has 4 nitrogen and oxygen atoms in total. The number of nitrogens with one attached hydrogen (secondary N) is 1. The van der Waals surface area contributed by atoms with Crippen molar-refractivity contribution < 1.29 is 13.9 Å². The molecule has 0 saturated carbocycles. The molecule has 0 amide bonds. The number of rotatable bonds is 9. The van der Waals surface area contributed by atoms with E-state index >= 15 is 0 Å². The number of methoxy groups -OCH3 is 1. The molecule has 0 spiro atoms. The van der Waals surface area contributed by atoms with Gasteiger partial charge in [-0.1, -0.05) is 0 Å². The van der Waals surface area contributed by atoms with Gasteiger partial charge in [0.1, 0.15) is 18.2 Å². The molecule has 0 bridgehead atoms. The van der Waals surface area contributed by atoms with Crippen LogP contribution in [-0.4, -0.2) is 57.4 Å². The van der Waals surface area contributed by atoms with Gasteiger partial charge in [-0.15, -0.1) is 0 Å². The summed E-state index contributed by atoms with van der Waals surface area (Å²) in [5.41, 5.74) is 0. The first kappa shape index (κ1) is 16.2. The van der Waals surface area contributed by atoms with E-state index in [1.165, 1.54) is 25.0 Å². The van der Waals surface area contributed by atoms with Crippen LogP contribution in [0.3, 0.4) is 0 Å². The fourth-order valence-corrected chi connectivity index (χ4v) is 2.56. The minimum atomic E-state index is -0.239. The predicted octanol–water partition coefficient (Wildman–Crippen LogP) is 1.90. The van der Waals surface area contributed by atoms with E-state index < -0.39 is 0 Å². The van der Waals surface area contributed by atoms with Gasteiger partial charge in [0, 0.05) is 32.8 Å². The van der Waals surface area contributed by atoms with E-state index in [-0.39, 0.29) is 5.82 Å². The summed E-state index contributed by atoms with van der Waals surface area (Å²) < 4.78 is 23.7. The molecular weight excluding hydrogens is 271 g/mol. The van der Waals surface area contributed by atoms with Gasteiger partial charge >= 0.3 is 0 Å². The van der Waals surface area contributed by atoms with Crippen LogP contribution in [0.5, 0.6) is 5.75 Å². The van der Waals surface area contributed by atoms with Crippen molar-refractivity contribution in [2.24, 2.45) is 0 Å². The van der Waals surface area contributed by atoms with Crippen molar-refractivity contribution in [2.75, 3.05) is 46.5 Å². The van der Waals surface area contributed by atoms with Gasteiger partial charge in [0.15, 0.2) is 0 Å². The molecule has 1 saturated heterocycles. The van der Waals surface area contributed by atoms with Gasteiger partial charge in [0.25, 0.3) is 0 Å². The average molecular weight is 296 g/mol. The van der Waals surface area contributed by atoms with Gasteiger partial charge in [-0.25, -0.2) is 4.39 Å². The quantitative estimate of drug-likeness (QED) is 0.755. The lowest BCUT2D eigenvalue weighted by molar-refractivity contribution is 0.129. The molecule has 0 radical (unpaired) electrons. The van der Waals surface area contributed by atoms with Crippen LogP contribution in [0.1, 0.15) is 12.8 Å². The van der Waals surface area contributed by atoms with Crippen molar-refractivity contribution in [3.63, 3.8) is 0 Å². The number of benzene rings is 1. The van der Waals surface area contributed by atoms with Crippen LogP contribution in [-0.2, 0) is 4.74 Å². The zero-order chi connectivity index (χ0) is 14.9. The maximum Gasteiger partial charge on any atom is 0.123 e. The molecule has 1 aromatic carbocycles. The summed E-state index contributed by atoms with van der Waals surface area (Å²) in [5.74, 6) is 0.471. The van der Waals surface area contributed by atoms with E-state index in [0.717, 1.165) is 32.8 Å². The Labute approximate surface area is 126 Å². The first-order valence-corrected chi connectivity index (χ1v) is 7.61. The first-order valence-electron chi connectivity index (χ1n) is 7.61. The average Bonchev–Trinajstić information content (AvgIpc) is 2.99. The SMILES string of the molecule is COCCN(CCOc1ccc(F)cc1)CC1CCCN1. The fourth-order valence-electron chi connectivity index (χ4n) is 2.56. The Kier molecular flexibility index (Phi) is 6.92. The number of hydrogen-bond donors (Lipinski definition) is 1. The molecule has 1 aromatic rings. The van der Waals surface area contributed by atoms with Crippen LogP contribution >= 0.6 is 0 Å². The predicted molar refractivity (Wildman–Crippen MR) is 81.2 cm³/mol. The Balaban J connectivity index is 1.73. The van der Waals surface area contributed by atoms with Crippen LogP contribution in [0, 0.1) is 5.82 Å². The van der Waals surface area contributed by atoms with Gasteiger partial charge in [-0.3, -0.25) is 4.90 Å². The zero-order valence-corrected chi connectivity index (χ0v) is 12.7. The molecule has 1 aliphatic rings. The maximum atomic E-state index is 12.8. The topological polar surface area (TPSA) is 33.7 Å². The van der Waals surface area contributed by atoms with Crippen molar-refractivity contribution in [1.29, 1.82) is 0 Å². The second-order valence-electron chi connectivity index (χ2n) is 5.39. The molecule has 5 heteroatoms. The first-order chi connectivity index (χ1) is 10.3. The Bertz CT molecular complexity index is 394. The largest absolute Gasteiger partial charge is 0.492 e. The van der Waals surface area contributed by atoms with Crippen LogP contribution in [0.4, 0.5) is 4.39 Å². The molecule has 21 heavy (non-hydrogen) atoms. The molecule has 2 rings (SSSR count). The molecular formula is C16H25FN2O2. The Morgan fingerprint density at radius 3 is 2.67 bits per heavy atom. The zero-order valence-electron chi connectivity index (χ0n) is 12.7. The lowest BCUT2D eigenvalue weighted by Crippen LogP contribution is -2.41. The van der Waals surface area contributed by atoms with Crippen molar-refractivity contribution in [1.82, 2.24) is 10.2 Å². The third-order valence-corrected chi connectivity index (χ3v) is 3.74. The molecule has 1 atom stereocenters. The summed E-state index contributed by atoms with van der Waals surface area (Å²) in [6.45, 7) is 5.22.